The van der Waals surface area contributed by atoms with Crippen LogP contribution in [0.15, 0.2) is 42.5 Å². The van der Waals surface area contributed by atoms with E-state index in [1.54, 1.807) is 6.07 Å². The third-order valence-corrected chi connectivity index (χ3v) is 3.36. The van der Waals surface area contributed by atoms with Crippen molar-refractivity contribution in [1.29, 1.82) is 0 Å². The molecule has 2 aromatic rings. The summed E-state index contributed by atoms with van der Waals surface area (Å²) < 4.78 is 0. The first-order chi connectivity index (χ1) is 9.16. The second-order valence-corrected chi connectivity index (χ2v) is 4.68. The molecule has 0 bridgehead atoms. The standard InChI is InChI=1S/C16H13NO2/c1-10(18)17-15-8-4-7-13-14(15)9-11-5-2-3-6-12(11)16(13)19/h2-8H,9H2,1H3,(H,17,18). The molecule has 0 radical (unpaired) electrons. The monoisotopic (exact) mass is 251 g/mol. The van der Waals surface area contributed by atoms with Crippen LogP contribution in [0.1, 0.15) is 34.0 Å². The lowest BCUT2D eigenvalue weighted by molar-refractivity contribution is -0.114. The molecule has 3 rings (SSSR count). The third kappa shape index (κ3) is 1.93. The summed E-state index contributed by atoms with van der Waals surface area (Å²) in [5.74, 6) is -0.0937. The van der Waals surface area contributed by atoms with E-state index in [1.165, 1.54) is 6.92 Å². The van der Waals surface area contributed by atoms with E-state index in [4.69, 9.17) is 0 Å². The highest BCUT2D eigenvalue weighted by Crippen LogP contribution is 2.31. The van der Waals surface area contributed by atoms with Gasteiger partial charge in [-0.1, -0.05) is 36.4 Å². The van der Waals surface area contributed by atoms with Gasteiger partial charge in [-0.15, -0.1) is 0 Å². The van der Waals surface area contributed by atoms with Gasteiger partial charge < -0.3 is 5.32 Å². The molecule has 3 nitrogen and oxygen atoms in total. The Morgan fingerprint density at radius 2 is 1.79 bits per heavy atom. The number of fused-ring (bicyclic) bond motifs is 2. The fourth-order valence-corrected chi connectivity index (χ4v) is 2.53. The van der Waals surface area contributed by atoms with Gasteiger partial charge in [-0.2, -0.15) is 0 Å². The molecule has 0 spiro atoms. The molecule has 2 aromatic carbocycles. The van der Waals surface area contributed by atoms with Gasteiger partial charge in [-0.3, -0.25) is 9.59 Å². The summed E-state index contributed by atoms with van der Waals surface area (Å²) in [5, 5.41) is 2.79. The number of carbonyl (C=O) groups excluding carboxylic acids is 2. The van der Waals surface area contributed by atoms with Gasteiger partial charge in [0, 0.05) is 30.2 Å². The lowest BCUT2D eigenvalue weighted by Crippen LogP contribution is -2.18. The zero-order valence-electron chi connectivity index (χ0n) is 10.6. The Labute approximate surface area is 111 Å². The minimum atomic E-state index is -0.125. The second kappa shape index (κ2) is 4.35. The molecule has 0 heterocycles. The van der Waals surface area contributed by atoms with Crippen molar-refractivity contribution in [1.82, 2.24) is 0 Å². The van der Waals surface area contributed by atoms with Crippen molar-refractivity contribution in [3.05, 3.63) is 64.7 Å². The molecule has 0 atom stereocenters. The fourth-order valence-electron chi connectivity index (χ4n) is 2.53. The lowest BCUT2D eigenvalue weighted by atomic mass is 9.84. The topological polar surface area (TPSA) is 46.2 Å². The van der Waals surface area contributed by atoms with Gasteiger partial charge in [0.2, 0.25) is 5.91 Å². The molecule has 1 N–H and O–H groups in total. The van der Waals surface area contributed by atoms with E-state index >= 15 is 0 Å². The first kappa shape index (κ1) is 11.7. The first-order valence-electron chi connectivity index (χ1n) is 6.19. The zero-order valence-corrected chi connectivity index (χ0v) is 10.6. The van der Waals surface area contributed by atoms with Crippen molar-refractivity contribution in [3.63, 3.8) is 0 Å². The van der Waals surface area contributed by atoms with Crippen LogP contribution in [-0.4, -0.2) is 11.7 Å². The van der Waals surface area contributed by atoms with E-state index in [9.17, 15) is 9.59 Å². The molecule has 1 aliphatic carbocycles. The first-order valence-corrected chi connectivity index (χ1v) is 6.19. The SMILES string of the molecule is CC(=O)Nc1cccc2c1Cc1ccccc1C2=O. The largest absolute Gasteiger partial charge is 0.326 e. The van der Waals surface area contributed by atoms with E-state index in [0.717, 1.165) is 22.4 Å². The number of ketones is 1. The Morgan fingerprint density at radius 1 is 1.05 bits per heavy atom. The van der Waals surface area contributed by atoms with Gasteiger partial charge in [-0.05, 0) is 17.2 Å². The maximum absolute atomic E-state index is 12.4. The van der Waals surface area contributed by atoms with Crippen LogP contribution < -0.4 is 5.32 Å². The Morgan fingerprint density at radius 3 is 2.58 bits per heavy atom. The number of hydrogen-bond acceptors (Lipinski definition) is 2. The van der Waals surface area contributed by atoms with Crippen LogP contribution in [-0.2, 0) is 11.2 Å². The minimum Gasteiger partial charge on any atom is -0.326 e. The maximum Gasteiger partial charge on any atom is 0.221 e. The molecule has 19 heavy (non-hydrogen) atoms. The average molecular weight is 251 g/mol. The van der Waals surface area contributed by atoms with E-state index in [-0.39, 0.29) is 11.7 Å². The summed E-state index contributed by atoms with van der Waals surface area (Å²) in [6.45, 7) is 1.47. The highest BCUT2D eigenvalue weighted by atomic mass is 16.1. The molecule has 1 amide bonds. The van der Waals surface area contributed by atoms with Gasteiger partial charge in [0.1, 0.15) is 0 Å². The molecule has 94 valence electrons. The quantitative estimate of drug-likeness (QED) is 0.722. The molecule has 0 aliphatic heterocycles. The predicted octanol–water partition coefficient (Wildman–Crippen LogP) is 2.78. The number of carbonyl (C=O) groups is 2. The summed E-state index contributed by atoms with van der Waals surface area (Å²) >= 11 is 0. The Bertz CT molecular complexity index is 689. The van der Waals surface area contributed by atoms with E-state index in [1.807, 2.05) is 36.4 Å². The second-order valence-electron chi connectivity index (χ2n) is 4.68. The molecule has 0 fully saturated rings. The molecule has 0 saturated heterocycles. The summed E-state index contributed by atoms with van der Waals surface area (Å²) in [6.07, 6.45) is 0.674. The third-order valence-electron chi connectivity index (χ3n) is 3.36. The van der Waals surface area contributed by atoms with Gasteiger partial charge in [0.15, 0.2) is 5.78 Å². The van der Waals surface area contributed by atoms with Crippen molar-refractivity contribution in [2.45, 2.75) is 13.3 Å². The van der Waals surface area contributed by atoms with Crippen molar-refractivity contribution < 1.29 is 9.59 Å². The van der Waals surface area contributed by atoms with Gasteiger partial charge >= 0.3 is 0 Å². The van der Waals surface area contributed by atoms with Crippen molar-refractivity contribution in [3.8, 4) is 0 Å². The minimum absolute atomic E-state index is 0.0315. The molecule has 0 aromatic heterocycles. The summed E-state index contributed by atoms with van der Waals surface area (Å²) in [5.41, 5.74) is 4.09. The van der Waals surface area contributed by atoms with Crippen LogP contribution in [0.2, 0.25) is 0 Å². The van der Waals surface area contributed by atoms with Crippen LogP contribution in [0.3, 0.4) is 0 Å². The predicted molar refractivity (Wildman–Crippen MR) is 73.4 cm³/mol. The number of benzene rings is 2. The van der Waals surface area contributed by atoms with Gasteiger partial charge in [-0.25, -0.2) is 0 Å². The Hall–Kier alpha value is -2.42. The molecule has 0 unspecified atom stereocenters. The smallest absolute Gasteiger partial charge is 0.221 e. The van der Waals surface area contributed by atoms with Crippen molar-refractivity contribution in [2.75, 3.05) is 5.32 Å². The fraction of sp³-hybridized carbons (Fsp3) is 0.125. The normalized spacial score (nSPS) is 12.6. The molecular weight excluding hydrogens is 238 g/mol. The van der Waals surface area contributed by atoms with Gasteiger partial charge in [0.05, 0.1) is 0 Å². The highest BCUT2D eigenvalue weighted by Gasteiger charge is 2.24. The zero-order chi connectivity index (χ0) is 13.4. The number of anilines is 1. The average Bonchev–Trinajstić information content (AvgIpc) is 2.40. The van der Waals surface area contributed by atoms with E-state index in [2.05, 4.69) is 5.32 Å². The number of hydrogen-bond donors (Lipinski definition) is 1. The number of amides is 1. The summed E-state index contributed by atoms with van der Waals surface area (Å²) in [4.78, 5) is 23.7. The van der Waals surface area contributed by atoms with Crippen LogP contribution in [0.4, 0.5) is 5.69 Å². The summed E-state index contributed by atoms with van der Waals surface area (Å²) in [7, 11) is 0. The maximum atomic E-state index is 12.4. The highest BCUT2D eigenvalue weighted by molar-refractivity contribution is 6.13. The molecular formula is C16H13NO2. The van der Waals surface area contributed by atoms with Gasteiger partial charge in [0.25, 0.3) is 0 Å². The van der Waals surface area contributed by atoms with Crippen LogP contribution in [0.25, 0.3) is 0 Å². The lowest BCUT2D eigenvalue weighted by Gasteiger charge is -2.21. The molecule has 0 saturated carbocycles. The van der Waals surface area contributed by atoms with Crippen molar-refractivity contribution >= 4 is 17.4 Å². The summed E-state index contributed by atoms with van der Waals surface area (Å²) in [6, 6.07) is 13.1. The molecule has 3 heteroatoms. The van der Waals surface area contributed by atoms with E-state index in [0.29, 0.717) is 12.0 Å². The Balaban J connectivity index is 2.15. The number of nitrogens with one attached hydrogen (secondary N) is 1. The van der Waals surface area contributed by atoms with E-state index < -0.39 is 0 Å². The number of rotatable bonds is 1. The van der Waals surface area contributed by atoms with Crippen molar-refractivity contribution in [2.24, 2.45) is 0 Å². The van der Waals surface area contributed by atoms with Crippen LogP contribution >= 0.6 is 0 Å². The molecule has 1 aliphatic rings. The van der Waals surface area contributed by atoms with Crippen LogP contribution in [0, 0.1) is 0 Å². The van der Waals surface area contributed by atoms with Crippen LogP contribution in [0.5, 0.6) is 0 Å². The Kier molecular flexibility index (Phi) is 2.67.